The first-order valence-corrected chi connectivity index (χ1v) is 13.5. The van der Waals surface area contributed by atoms with Crippen LogP contribution in [0.25, 0.3) is 0 Å². The van der Waals surface area contributed by atoms with Crippen molar-refractivity contribution in [2.45, 2.75) is 0 Å². The Morgan fingerprint density at radius 3 is 1.55 bits per heavy atom. The molecule has 1 aliphatic heterocycles. The van der Waals surface area contributed by atoms with Crippen LogP contribution < -0.4 is 4.90 Å². The van der Waals surface area contributed by atoms with Crippen LogP contribution in [0.3, 0.4) is 0 Å². The summed E-state index contributed by atoms with van der Waals surface area (Å²) in [5.41, 5.74) is -0.835. The van der Waals surface area contributed by atoms with E-state index in [4.69, 9.17) is 9.47 Å². The second-order valence-electron chi connectivity index (χ2n) is 9.87. The molecule has 0 bridgehead atoms. The quantitative estimate of drug-likeness (QED) is 0.0737. The number of fused-ring (bicyclic) bond motifs is 1. The van der Waals surface area contributed by atoms with Crippen molar-refractivity contribution in [2.75, 3.05) is 18.1 Å². The average Bonchev–Trinajstić information content (AvgIpc) is 3.34. The number of ketones is 2. The van der Waals surface area contributed by atoms with Crippen LogP contribution in [-0.2, 0) is 9.47 Å². The van der Waals surface area contributed by atoms with Gasteiger partial charge in [-0.15, -0.1) is 0 Å². The predicted octanol–water partition coefficient (Wildman–Crippen LogP) is 4.38. The smallest absolute Gasteiger partial charge is 0.338 e. The van der Waals surface area contributed by atoms with Crippen LogP contribution in [-0.4, -0.2) is 58.4 Å². The molecule has 0 fully saturated rings. The number of non-ortho nitro benzene ring substituents is 2. The number of esters is 2. The number of carbonyl (C=O) groups excluding carboxylic acids is 6. The molecule has 0 radical (unpaired) electrons. The molecule has 0 saturated carbocycles. The molecule has 0 saturated heterocycles. The molecule has 1 aliphatic rings. The summed E-state index contributed by atoms with van der Waals surface area (Å²) in [5.74, 6) is -4.71. The van der Waals surface area contributed by atoms with Crippen LogP contribution in [0.1, 0.15) is 62.1 Å². The first-order valence-electron chi connectivity index (χ1n) is 13.5. The third-order valence-electron chi connectivity index (χ3n) is 6.91. The molecule has 0 atom stereocenters. The molecule has 0 spiro atoms. The van der Waals surface area contributed by atoms with E-state index < -0.39 is 58.4 Å². The fraction of sp³-hybridized carbons (Fsp3) is 0.0625. The van der Waals surface area contributed by atoms with Crippen molar-refractivity contribution in [3.05, 3.63) is 145 Å². The minimum Gasteiger partial charge on any atom is -0.454 e. The molecule has 0 unspecified atom stereocenters. The van der Waals surface area contributed by atoms with Gasteiger partial charge < -0.3 is 9.47 Å². The van der Waals surface area contributed by atoms with Crippen LogP contribution in [0.5, 0.6) is 0 Å². The molecule has 5 rings (SSSR count). The summed E-state index contributed by atoms with van der Waals surface area (Å²) in [6.45, 7) is -1.41. The summed E-state index contributed by atoms with van der Waals surface area (Å²) in [7, 11) is 0. The van der Waals surface area contributed by atoms with E-state index in [0.29, 0.717) is 0 Å². The van der Waals surface area contributed by atoms with Crippen molar-refractivity contribution in [1.82, 2.24) is 0 Å². The second kappa shape index (κ2) is 13.0. The Balaban J connectivity index is 1.21. The van der Waals surface area contributed by atoms with E-state index in [9.17, 15) is 49.0 Å². The van der Waals surface area contributed by atoms with Gasteiger partial charge in [0.15, 0.2) is 13.2 Å². The van der Waals surface area contributed by atoms with E-state index >= 15 is 0 Å². The molecule has 0 aromatic heterocycles. The lowest BCUT2D eigenvalue weighted by Gasteiger charge is -2.14. The monoisotopic (exact) mass is 637 g/mol. The fourth-order valence-corrected chi connectivity index (χ4v) is 4.53. The Labute approximate surface area is 263 Å². The van der Waals surface area contributed by atoms with Gasteiger partial charge in [0.25, 0.3) is 23.2 Å². The summed E-state index contributed by atoms with van der Waals surface area (Å²) < 4.78 is 10.0. The number of nitrogens with zero attached hydrogens (tertiary/aromatic N) is 3. The highest BCUT2D eigenvalue weighted by Gasteiger charge is 2.37. The van der Waals surface area contributed by atoms with Crippen LogP contribution in [0.15, 0.2) is 91.0 Å². The van der Waals surface area contributed by atoms with E-state index in [1.165, 1.54) is 72.8 Å². The van der Waals surface area contributed by atoms with Crippen molar-refractivity contribution >= 4 is 52.4 Å². The molecule has 15 nitrogen and oxygen atoms in total. The van der Waals surface area contributed by atoms with Gasteiger partial charge in [-0.3, -0.25) is 39.4 Å². The predicted molar refractivity (Wildman–Crippen MR) is 159 cm³/mol. The SMILES string of the molecule is O=C(COC(=O)c1ccc(N2C(=O)c3ccc(C(=O)OCC(=O)c4cccc([N+](=O)[O-])c4)cc3C2=O)cc1)c1cccc([N+](=O)[O-])c1. The van der Waals surface area contributed by atoms with Gasteiger partial charge in [0.1, 0.15) is 0 Å². The first-order chi connectivity index (χ1) is 22.4. The maximum atomic E-state index is 13.2. The van der Waals surface area contributed by atoms with E-state index in [1.807, 2.05) is 0 Å². The Bertz CT molecular complexity index is 2020. The molecular weight excluding hydrogens is 618 g/mol. The number of amides is 2. The third kappa shape index (κ3) is 6.63. The van der Waals surface area contributed by atoms with Gasteiger partial charge in [-0.2, -0.15) is 0 Å². The molecular formula is C32H19N3O12. The highest BCUT2D eigenvalue weighted by atomic mass is 16.6. The van der Waals surface area contributed by atoms with E-state index in [2.05, 4.69) is 0 Å². The maximum Gasteiger partial charge on any atom is 0.338 e. The lowest BCUT2D eigenvalue weighted by molar-refractivity contribution is -0.385. The van der Waals surface area contributed by atoms with Crippen molar-refractivity contribution in [2.24, 2.45) is 0 Å². The largest absolute Gasteiger partial charge is 0.454 e. The summed E-state index contributed by atoms with van der Waals surface area (Å²) in [5, 5.41) is 21.9. The number of nitro groups is 2. The van der Waals surface area contributed by atoms with Crippen LogP contribution in [0, 0.1) is 20.2 Å². The second-order valence-corrected chi connectivity index (χ2v) is 9.87. The molecule has 0 N–H and O–H groups in total. The molecule has 47 heavy (non-hydrogen) atoms. The van der Waals surface area contributed by atoms with Crippen LogP contribution >= 0.6 is 0 Å². The van der Waals surface area contributed by atoms with Gasteiger partial charge in [-0.05, 0) is 42.5 Å². The molecule has 2 amide bonds. The summed E-state index contributed by atoms with van der Waals surface area (Å²) in [6.07, 6.45) is 0. The van der Waals surface area contributed by atoms with E-state index in [1.54, 1.807) is 0 Å². The number of hydrogen-bond donors (Lipinski definition) is 0. The van der Waals surface area contributed by atoms with Crippen LogP contribution in [0.2, 0.25) is 0 Å². The molecule has 1 heterocycles. The number of imide groups is 1. The Morgan fingerprint density at radius 1 is 0.574 bits per heavy atom. The number of rotatable bonds is 11. The van der Waals surface area contributed by atoms with Crippen molar-refractivity contribution in [3.63, 3.8) is 0 Å². The number of benzene rings is 4. The lowest BCUT2D eigenvalue weighted by Crippen LogP contribution is -2.29. The van der Waals surface area contributed by atoms with E-state index in [0.717, 1.165) is 23.1 Å². The van der Waals surface area contributed by atoms with Gasteiger partial charge >= 0.3 is 11.9 Å². The zero-order valence-corrected chi connectivity index (χ0v) is 23.8. The van der Waals surface area contributed by atoms with Gasteiger partial charge in [-0.25, -0.2) is 14.5 Å². The number of hydrogen-bond acceptors (Lipinski definition) is 12. The highest BCUT2D eigenvalue weighted by Crippen LogP contribution is 2.30. The Hall–Kier alpha value is -6.90. The molecule has 4 aromatic carbocycles. The minimum absolute atomic E-state index is 0.0117. The summed E-state index contributed by atoms with van der Waals surface area (Å²) in [6, 6.07) is 18.6. The number of anilines is 1. The number of ether oxygens (including phenoxy) is 2. The standard InChI is InChI=1S/C32H19N3O12/c36-27(19-3-1-5-23(13-19)34(42)43)16-46-31(40)18-7-10-22(11-8-18)33-29(38)25-12-9-21(15-26(25)30(33)39)32(41)47-17-28(37)20-4-2-6-24(14-20)35(44)45/h1-15H,16-17H2. The Kier molecular flexibility index (Phi) is 8.71. The maximum absolute atomic E-state index is 13.2. The number of nitro benzene ring substituents is 2. The van der Waals surface area contributed by atoms with Crippen molar-refractivity contribution in [1.29, 1.82) is 0 Å². The van der Waals surface area contributed by atoms with Crippen LogP contribution in [0.4, 0.5) is 17.1 Å². The summed E-state index contributed by atoms with van der Waals surface area (Å²) in [4.78, 5) is 97.5. The van der Waals surface area contributed by atoms with Gasteiger partial charge in [0.05, 0.1) is 37.8 Å². The highest BCUT2D eigenvalue weighted by molar-refractivity contribution is 6.34. The normalized spacial score (nSPS) is 11.9. The lowest BCUT2D eigenvalue weighted by atomic mass is 10.1. The molecule has 4 aromatic rings. The van der Waals surface area contributed by atoms with Crippen molar-refractivity contribution < 1.29 is 48.1 Å². The van der Waals surface area contributed by atoms with Gasteiger partial charge in [-0.1, -0.05) is 24.3 Å². The average molecular weight is 638 g/mol. The fourth-order valence-electron chi connectivity index (χ4n) is 4.53. The third-order valence-corrected chi connectivity index (χ3v) is 6.91. The van der Waals surface area contributed by atoms with Gasteiger partial charge in [0.2, 0.25) is 11.6 Å². The topological polar surface area (TPSA) is 210 Å². The van der Waals surface area contributed by atoms with E-state index in [-0.39, 0.29) is 50.4 Å². The zero-order valence-electron chi connectivity index (χ0n) is 23.8. The molecule has 0 aliphatic carbocycles. The number of carbonyl (C=O) groups is 6. The Morgan fingerprint density at radius 2 is 1.04 bits per heavy atom. The van der Waals surface area contributed by atoms with Crippen molar-refractivity contribution in [3.8, 4) is 0 Å². The molecule has 234 valence electrons. The first kappa shape index (κ1) is 31.5. The zero-order chi connectivity index (χ0) is 33.8. The molecule has 15 heteroatoms. The summed E-state index contributed by atoms with van der Waals surface area (Å²) >= 11 is 0. The van der Waals surface area contributed by atoms with Gasteiger partial charge in [0, 0.05) is 35.4 Å². The number of Topliss-reactive ketones (excluding diaryl/α,β-unsaturated/α-hetero) is 2. The minimum atomic E-state index is -0.975.